The summed E-state index contributed by atoms with van der Waals surface area (Å²) in [4.78, 5) is 21.3. The van der Waals surface area contributed by atoms with Crippen molar-refractivity contribution in [3.63, 3.8) is 0 Å². The number of unbranched alkanes of at least 4 members (excludes halogenated alkanes) is 1. The molecule has 0 fully saturated rings. The minimum Gasteiger partial charge on any atom is -0.368 e. The smallest absolute Gasteiger partial charge is 0.349 e. The van der Waals surface area contributed by atoms with Gasteiger partial charge in [-0.3, -0.25) is 4.98 Å². The van der Waals surface area contributed by atoms with Crippen molar-refractivity contribution in [2.45, 2.75) is 45.4 Å². The van der Waals surface area contributed by atoms with Gasteiger partial charge in [-0.25, -0.2) is 4.79 Å². The first-order chi connectivity index (χ1) is 7.17. The fraction of sp³-hybridized carbons (Fsp3) is 0.700. The highest BCUT2D eigenvalue weighted by Gasteiger charge is 2.12. The van der Waals surface area contributed by atoms with E-state index in [9.17, 15) is 4.79 Å². The second-order valence-electron chi connectivity index (χ2n) is 3.64. The molecule has 0 spiro atoms. The van der Waals surface area contributed by atoms with Gasteiger partial charge in [-0.1, -0.05) is 26.7 Å². The number of nitrogen functional groups attached to an aromatic ring is 1. The average molecular weight is 210 g/mol. The quantitative estimate of drug-likeness (QED) is 0.770. The summed E-state index contributed by atoms with van der Waals surface area (Å²) >= 11 is 0. The molecule has 0 radical (unpaired) electrons. The van der Waals surface area contributed by atoms with E-state index in [4.69, 9.17) is 5.73 Å². The minimum atomic E-state index is -0.410. The van der Waals surface area contributed by atoms with Crippen LogP contribution in [0.5, 0.6) is 0 Å². The lowest BCUT2D eigenvalue weighted by atomic mass is 9.99. The van der Waals surface area contributed by atoms with Gasteiger partial charge in [-0.15, -0.1) is 0 Å². The standard InChI is InChI=1S/C10H18N4O/c1-3-5-6-7(4-2)8-12-9(11)14-10(15)13-8/h7H,3-6H2,1-2H3,(H3,11,12,13,14,15). The summed E-state index contributed by atoms with van der Waals surface area (Å²) in [6.07, 6.45) is 4.25. The summed E-state index contributed by atoms with van der Waals surface area (Å²) in [6.45, 7) is 4.22. The Hall–Kier alpha value is -1.39. The van der Waals surface area contributed by atoms with Crippen LogP contribution in [-0.2, 0) is 0 Å². The van der Waals surface area contributed by atoms with Crippen LogP contribution in [0.1, 0.15) is 51.3 Å². The van der Waals surface area contributed by atoms with Crippen LogP contribution in [0.25, 0.3) is 0 Å². The van der Waals surface area contributed by atoms with E-state index in [1.807, 2.05) is 0 Å². The zero-order valence-corrected chi connectivity index (χ0v) is 9.29. The van der Waals surface area contributed by atoms with Crippen molar-refractivity contribution in [3.8, 4) is 0 Å². The number of nitrogens with zero attached hydrogens (tertiary/aromatic N) is 2. The molecule has 1 unspecified atom stereocenters. The van der Waals surface area contributed by atoms with E-state index >= 15 is 0 Å². The van der Waals surface area contributed by atoms with E-state index < -0.39 is 5.69 Å². The zero-order chi connectivity index (χ0) is 11.3. The Balaban J connectivity index is 2.86. The molecule has 0 amide bonds. The maximum absolute atomic E-state index is 11.1. The molecule has 15 heavy (non-hydrogen) atoms. The third-order valence-electron chi connectivity index (χ3n) is 2.47. The number of nitrogens with one attached hydrogen (secondary N) is 1. The fourth-order valence-electron chi connectivity index (χ4n) is 1.60. The number of aromatic nitrogens is 3. The van der Waals surface area contributed by atoms with E-state index in [1.54, 1.807) is 0 Å². The van der Waals surface area contributed by atoms with E-state index in [1.165, 1.54) is 0 Å². The third kappa shape index (κ3) is 3.34. The van der Waals surface area contributed by atoms with Gasteiger partial charge in [0.2, 0.25) is 5.95 Å². The first-order valence-corrected chi connectivity index (χ1v) is 5.41. The van der Waals surface area contributed by atoms with Crippen LogP contribution < -0.4 is 11.4 Å². The van der Waals surface area contributed by atoms with Gasteiger partial charge in [0.25, 0.3) is 0 Å². The summed E-state index contributed by atoms with van der Waals surface area (Å²) in [5.41, 5.74) is 5.03. The largest absolute Gasteiger partial charge is 0.368 e. The first-order valence-electron chi connectivity index (χ1n) is 5.41. The molecule has 5 heteroatoms. The number of nitrogens with two attached hydrogens (primary N) is 1. The Labute approximate surface area is 89.1 Å². The molecule has 0 aromatic carbocycles. The van der Waals surface area contributed by atoms with Crippen molar-refractivity contribution in [3.05, 3.63) is 16.3 Å². The number of aromatic amines is 1. The summed E-state index contributed by atoms with van der Waals surface area (Å²) in [7, 11) is 0. The number of hydrogen-bond donors (Lipinski definition) is 2. The third-order valence-corrected chi connectivity index (χ3v) is 2.47. The van der Waals surface area contributed by atoms with Gasteiger partial charge in [-0.05, 0) is 12.8 Å². The van der Waals surface area contributed by atoms with Crippen LogP contribution in [0, 0.1) is 0 Å². The SMILES string of the molecule is CCCCC(CC)c1nc(N)nc(=O)[nH]1. The molecule has 0 saturated carbocycles. The van der Waals surface area contributed by atoms with E-state index in [0.717, 1.165) is 25.7 Å². The normalized spacial score (nSPS) is 12.7. The number of rotatable bonds is 5. The molecule has 0 aliphatic heterocycles. The fourth-order valence-corrected chi connectivity index (χ4v) is 1.60. The summed E-state index contributed by atoms with van der Waals surface area (Å²) in [5, 5.41) is 0. The van der Waals surface area contributed by atoms with E-state index in [2.05, 4.69) is 28.8 Å². The lowest BCUT2D eigenvalue weighted by molar-refractivity contribution is 0.539. The van der Waals surface area contributed by atoms with Gasteiger partial charge in [0.15, 0.2) is 0 Å². The molecule has 0 bridgehead atoms. The molecule has 0 aliphatic rings. The van der Waals surface area contributed by atoms with Crippen molar-refractivity contribution in [1.82, 2.24) is 15.0 Å². The Bertz CT molecular complexity index is 361. The van der Waals surface area contributed by atoms with Crippen LogP contribution in [-0.4, -0.2) is 15.0 Å². The van der Waals surface area contributed by atoms with Crippen molar-refractivity contribution in [2.75, 3.05) is 5.73 Å². The molecule has 1 aromatic rings. The predicted octanol–water partition coefficient (Wildman–Crippen LogP) is 1.43. The van der Waals surface area contributed by atoms with Gasteiger partial charge >= 0.3 is 5.69 Å². The summed E-state index contributed by atoms with van der Waals surface area (Å²) in [6, 6.07) is 0. The Morgan fingerprint density at radius 3 is 2.67 bits per heavy atom. The maximum atomic E-state index is 11.1. The molecule has 84 valence electrons. The van der Waals surface area contributed by atoms with Gasteiger partial charge in [0.05, 0.1) is 0 Å². The highest BCUT2D eigenvalue weighted by atomic mass is 16.1. The monoisotopic (exact) mass is 210 g/mol. The van der Waals surface area contributed by atoms with Gasteiger partial charge in [-0.2, -0.15) is 9.97 Å². The zero-order valence-electron chi connectivity index (χ0n) is 9.29. The lowest BCUT2D eigenvalue weighted by Gasteiger charge is -2.12. The van der Waals surface area contributed by atoms with Crippen LogP contribution in [0.15, 0.2) is 4.79 Å². The van der Waals surface area contributed by atoms with Crippen LogP contribution in [0.4, 0.5) is 5.95 Å². The van der Waals surface area contributed by atoms with Gasteiger partial charge < -0.3 is 5.73 Å². The van der Waals surface area contributed by atoms with E-state index in [-0.39, 0.29) is 11.9 Å². The number of hydrogen-bond acceptors (Lipinski definition) is 4. The van der Waals surface area contributed by atoms with E-state index in [0.29, 0.717) is 5.82 Å². The first kappa shape index (κ1) is 11.7. The number of H-pyrrole nitrogens is 1. The topological polar surface area (TPSA) is 84.7 Å². The Morgan fingerprint density at radius 1 is 1.40 bits per heavy atom. The predicted molar refractivity (Wildman–Crippen MR) is 59.6 cm³/mol. The van der Waals surface area contributed by atoms with Crippen LogP contribution in [0.3, 0.4) is 0 Å². The average Bonchev–Trinajstić information content (AvgIpc) is 2.17. The molecule has 0 aliphatic carbocycles. The minimum absolute atomic E-state index is 0.0590. The maximum Gasteiger partial charge on any atom is 0.349 e. The number of anilines is 1. The van der Waals surface area contributed by atoms with Crippen molar-refractivity contribution < 1.29 is 0 Å². The van der Waals surface area contributed by atoms with Gasteiger partial charge in [0.1, 0.15) is 5.82 Å². The molecular weight excluding hydrogens is 192 g/mol. The summed E-state index contributed by atoms with van der Waals surface area (Å²) < 4.78 is 0. The molecular formula is C10H18N4O. The second-order valence-corrected chi connectivity index (χ2v) is 3.64. The van der Waals surface area contributed by atoms with Crippen LogP contribution in [0.2, 0.25) is 0 Å². The Morgan fingerprint density at radius 2 is 2.13 bits per heavy atom. The molecule has 1 rings (SSSR count). The van der Waals surface area contributed by atoms with Crippen molar-refractivity contribution in [2.24, 2.45) is 0 Å². The summed E-state index contributed by atoms with van der Waals surface area (Å²) in [5.74, 6) is 1.01. The molecule has 1 atom stereocenters. The molecule has 3 N–H and O–H groups in total. The Kier molecular flexibility index (Phi) is 4.27. The lowest BCUT2D eigenvalue weighted by Crippen LogP contribution is -2.19. The van der Waals surface area contributed by atoms with Crippen molar-refractivity contribution in [1.29, 1.82) is 0 Å². The molecule has 1 aromatic heterocycles. The second kappa shape index (κ2) is 5.48. The molecule has 1 heterocycles. The highest BCUT2D eigenvalue weighted by molar-refractivity contribution is 5.14. The molecule has 0 saturated heterocycles. The van der Waals surface area contributed by atoms with Crippen LogP contribution >= 0.6 is 0 Å². The molecule has 5 nitrogen and oxygen atoms in total. The van der Waals surface area contributed by atoms with Crippen molar-refractivity contribution >= 4 is 5.95 Å². The highest BCUT2D eigenvalue weighted by Crippen LogP contribution is 2.21. The van der Waals surface area contributed by atoms with Gasteiger partial charge in [0, 0.05) is 5.92 Å².